The van der Waals surface area contributed by atoms with E-state index in [1.165, 1.54) is 0 Å². The van der Waals surface area contributed by atoms with Gasteiger partial charge in [0.25, 0.3) is 0 Å². The Balaban J connectivity index is 3.17. The zero-order valence-electron chi connectivity index (χ0n) is 3.54. The summed E-state index contributed by atoms with van der Waals surface area (Å²) in [6.07, 6.45) is 1.61. The van der Waals surface area contributed by atoms with Gasteiger partial charge in [0.05, 0.1) is 0 Å². The van der Waals surface area contributed by atoms with Crippen molar-refractivity contribution in [2.75, 3.05) is 0 Å². The summed E-state index contributed by atoms with van der Waals surface area (Å²) < 4.78 is -0.889. The van der Waals surface area contributed by atoms with E-state index >= 15 is 0 Å². The number of alkyl halides is 2. The second-order valence-electron chi connectivity index (χ2n) is 1.05. The third kappa shape index (κ3) is 4.58. The minimum absolute atomic E-state index is 0.889. The zero-order valence-corrected chi connectivity index (χ0v) is 5.05. The molecular weight excluding hydrogens is 119 g/mol. The predicted molar refractivity (Wildman–Crippen MR) is 29.8 cm³/mol. The van der Waals surface area contributed by atoms with Gasteiger partial charge in [-0.25, -0.2) is 0 Å². The van der Waals surface area contributed by atoms with E-state index in [4.69, 9.17) is 23.2 Å². The molecule has 0 spiro atoms. The van der Waals surface area contributed by atoms with E-state index < -0.39 is 4.33 Å². The minimum Gasteiger partial charge on any atom is -0.101 e. The van der Waals surface area contributed by atoms with Gasteiger partial charge >= 0.3 is 0 Å². The highest BCUT2D eigenvalue weighted by Gasteiger charge is 2.11. The number of halogens is 2. The van der Waals surface area contributed by atoms with E-state index in [1.807, 2.05) is 0 Å². The van der Waals surface area contributed by atoms with Crippen LogP contribution < -0.4 is 0 Å². The second-order valence-corrected chi connectivity index (χ2v) is 2.59. The summed E-state index contributed by atoms with van der Waals surface area (Å²) in [4.78, 5) is 0. The van der Waals surface area contributed by atoms with Crippen LogP contribution in [0.1, 0.15) is 6.92 Å². The molecule has 0 bridgehead atoms. The van der Waals surface area contributed by atoms with Crippen molar-refractivity contribution in [3.63, 3.8) is 0 Å². The van der Waals surface area contributed by atoms with Gasteiger partial charge in [0, 0.05) is 0 Å². The Morgan fingerprint density at radius 2 is 1.83 bits per heavy atom. The Morgan fingerprint density at radius 3 is 1.83 bits per heavy atom. The molecule has 0 aliphatic carbocycles. The maximum Gasteiger partial charge on any atom is 0.121 e. The van der Waals surface area contributed by atoms with Crippen LogP contribution in [0.15, 0.2) is 0 Å². The number of hydrogen-bond acceptors (Lipinski definition) is 0. The number of rotatable bonds is 1. The molecule has 0 aromatic carbocycles. The summed E-state index contributed by atoms with van der Waals surface area (Å²) in [5.41, 5.74) is 0. The molecule has 0 aliphatic heterocycles. The fourth-order valence-corrected chi connectivity index (χ4v) is 0. The molecule has 6 heavy (non-hydrogen) atoms. The van der Waals surface area contributed by atoms with E-state index in [0.29, 0.717) is 0 Å². The summed E-state index contributed by atoms with van der Waals surface area (Å²) in [5.74, 6) is 0. The summed E-state index contributed by atoms with van der Waals surface area (Å²) >= 11 is 10.6. The first-order valence-corrected chi connectivity index (χ1v) is 2.35. The van der Waals surface area contributed by atoms with Crippen molar-refractivity contribution in [2.24, 2.45) is 0 Å². The third-order valence-electron chi connectivity index (χ3n) is 0.422. The molecular formula is C4H6Cl2. The molecule has 0 N–H and O–H groups in total. The summed E-state index contributed by atoms with van der Waals surface area (Å²) in [7, 11) is 0. The van der Waals surface area contributed by atoms with E-state index in [0.717, 1.165) is 0 Å². The maximum atomic E-state index is 5.32. The Kier molecular flexibility index (Phi) is 2.23. The van der Waals surface area contributed by atoms with Gasteiger partial charge in [0.15, 0.2) is 0 Å². The first kappa shape index (κ1) is 6.58. The summed E-state index contributed by atoms with van der Waals surface area (Å²) in [6, 6.07) is 0. The van der Waals surface area contributed by atoms with Crippen molar-refractivity contribution in [3.05, 3.63) is 13.3 Å². The normalized spacial score (nSPS) is 12.0. The molecule has 0 aliphatic rings. The van der Waals surface area contributed by atoms with Crippen LogP contribution in [-0.2, 0) is 0 Å². The molecule has 0 nitrogen and oxygen atoms in total. The quantitative estimate of drug-likeness (QED) is 0.471. The van der Waals surface area contributed by atoms with Crippen LogP contribution in [0.4, 0.5) is 0 Å². The maximum absolute atomic E-state index is 5.32. The van der Waals surface area contributed by atoms with E-state index in [2.05, 4.69) is 6.92 Å². The molecule has 0 aromatic heterocycles. The highest BCUT2D eigenvalue weighted by Crippen LogP contribution is 2.20. The lowest BCUT2D eigenvalue weighted by Gasteiger charge is -2.05. The van der Waals surface area contributed by atoms with Crippen molar-refractivity contribution >= 4 is 23.2 Å². The Hall–Kier alpha value is 0.580. The smallest absolute Gasteiger partial charge is 0.101 e. The molecule has 0 atom stereocenters. The van der Waals surface area contributed by atoms with Gasteiger partial charge in [-0.1, -0.05) is 6.92 Å². The largest absolute Gasteiger partial charge is 0.121 e. The second kappa shape index (κ2) is 2.04. The van der Waals surface area contributed by atoms with Crippen LogP contribution in [0.3, 0.4) is 0 Å². The molecule has 0 unspecified atom stereocenters. The van der Waals surface area contributed by atoms with Gasteiger partial charge in [0.1, 0.15) is 4.33 Å². The molecule has 0 fully saturated rings. The summed E-state index contributed by atoms with van der Waals surface area (Å²) in [5, 5.41) is 0. The molecule has 0 heterocycles. The van der Waals surface area contributed by atoms with Crippen LogP contribution in [0.5, 0.6) is 0 Å². The monoisotopic (exact) mass is 124 g/mol. The highest BCUT2D eigenvalue weighted by molar-refractivity contribution is 6.50. The van der Waals surface area contributed by atoms with Crippen molar-refractivity contribution in [2.45, 2.75) is 11.3 Å². The van der Waals surface area contributed by atoms with Crippen molar-refractivity contribution in [1.82, 2.24) is 0 Å². The van der Waals surface area contributed by atoms with Gasteiger partial charge in [-0.3, -0.25) is 0 Å². The molecule has 0 rings (SSSR count). The molecule has 36 valence electrons. The van der Waals surface area contributed by atoms with Crippen molar-refractivity contribution in [3.8, 4) is 0 Å². The fraction of sp³-hybridized carbons (Fsp3) is 0.500. The Labute approximate surface area is 48.4 Å². The lowest BCUT2D eigenvalue weighted by atomic mass is 10.4. The molecule has 0 saturated carbocycles. The van der Waals surface area contributed by atoms with Crippen molar-refractivity contribution in [1.29, 1.82) is 0 Å². The van der Waals surface area contributed by atoms with E-state index in [-0.39, 0.29) is 0 Å². The van der Waals surface area contributed by atoms with Gasteiger partial charge in [-0.15, -0.1) is 23.2 Å². The van der Waals surface area contributed by atoms with Gasteiger partial charge < -0.3 is 0 Å². The average Bonchev–Trinajstić information content (AvgIpc) is 1.35. The van der Waals surface area contributed by atoms with E-state index in [9.17, 15) is 0 Å². The fourth-order valence-electron chi connectivity index (χ4n) is 0. The molecule has 0 amide bonds. The van der Waals surface area contributed by atoms with Crippen molar-refractivity contribution < 1.29 is 0 Å². The zero-order chi connectivity index (χ0) is 5.21. The van der Waals surface area contributed by atoms with Crippen LogP contribution in [-0.4, -0.2) is 4.33 Å². The van der Waals surface area contributed by atoms with Gasteiger partial charge in [0.2, 0.25) is 0 Å². The van der Waals surface area contributed by atoms with E-state index in [1.54, 1.807) is 13.3 Å². The van der Waals surface area contributed by atoms with Crippen LogP contribution in [0.25, 0.3) is 0 Å². The SMILES string of the molecule is [CH2]C(Cl)(Cl)[CH]C. The molecule has 0 aromatic rings. The van der Waals surface area contributed by atoms with Gasteiger partial charge in [-0.05, 0) is 13.3 Å². The Bertz CT molecular complexity index is 35.3. The first-order valence-electron chi connectivity index (χ1n) is 1.60. The number of hydrogen-bond donors (Lipinski definition) is 0. The lowest BCUT2D eigenvalue weighted by Crippen LogP contribution is -2.02. The topological polar surface area (TPSA) is 0 Å². The standard InChI is InChI=1S/C4H6Cl2/c1-3-4(2,5)6/h3H,2H2,1H3. The molecule has 2 heteroatoms. The summed E-state index contributed by atoms with van der Waals surface area (Å²) in [6.45, 7) is 5.12. The predicted octanol–water partition coefficient (Wildman–Crippen LogP) is 2.22. The van der Waals surface area contributed by atoms with Crippen LogP contribution in [0, 0.1) is 13.3 Å². The van der Waals surface area contributed by atoms with Gasteiger partial charge in [-0.2, -0.15) is 0 Å². The third-order valence-corrected chi connectivity index (χ3v) is 0.859. The highest BCUT2D eigenvalue weighted by atomic mass is 35.5. The van der Waals surface area contributed by atoms with Crippen LogP contribution in [0.2, 0.25) is 0 Å². The minimum atomic E-state index is -0.889. The molecule has 0 saturated heterocycles. The molecule has 2 radical (unpaired) electrons. The average molecular weight is 125 g/mol. The van der Waals surface area contributed by atoms with Crippen LogP contribution >= 0.6 is 23.2 Å². The first-order chi connectivity index (χ1) is 2.56. The Morgan fingerprint density at radius 1 is 1.67 bits per heavy atom. The lowest BCUT2D eigenvalue weighted by molar-refractivity contribution is 1.12.